The van der Waals surface area contributed by atoms with Gasteiger partial charge in [-0.15, -0.1) is 0 Å². The maximum Gasteiger partial charge on any atom is 0.240 e. The summed E-state index contributed by atoms with van der Waals surface area (Å²) >= 11 is 0. The number of hydrogen-bond donors (Lipinski definition) is 1. The summed E-state index contributed by atoms with van der Waals surface area (Å²) in [6.07, 6.45) is 2.46. The lowest BCUT2D eigenvalue weighted by Crippen LogP contribution is -2.40. The van der Waals surface area contributed by atoms with Crippen molar-refractivity contribution in [3.63, 3.8) is 0 Å². The molecule has 0 spiro atoms. The van der Waals surface area contributed by atoms with Gasteiger partial charge in [0.05, 0.1) is 11.9 Å². The van der Waals surface area contributed by atoms with Crippen molar-refractivity contribution in [1.29, 1.82) is 0 Å². The quantitative estimate of drug-likeness (QED) is 0.718. The van der Waals surface area contributed by atoms with Crippen molar-refractivity contribution < 1.29 is 17.6 Å². The summed E-state index contributed by atoms with van der Waals surface area (Å²) in [5.74, 6) is -0.643. The van der Waals surface area contributed by atoms with E-state index in [1.807, 2.05) is 13.0 Å². The number of sulfonamides is 1. The van der Waals surface area contributed by atoms with Crippen molar-refractivity contribution in [2.75, 3.05) is 23.7 Å². The molecule has 2 rings (SSSR count). The van der Waals surface area contributed by atoms with Crippen LogP contribution in [0, 0.1) is 12.7 Å². The van der Waals surface area contributed by atoms with Crippen molar-refractivity contribution in [3.05, 3.63) is 65.5 Å². The molecule has 0 fully saturated rings. The number of benzene rings is 2. The Balaban J connectivity index is 1.88. The molecular formula is C19H23FN2O3S. The van der Waals surface area contributed by atoms with Crippen LogP contribution >= 0.6 is 0 Å². The number of amides is 1. The summed E-state index contributed by atoms with van der Waals surface area (Å²) in [5.41, 5.74) is 2.36. The van der Waals surface area contributed by atoms with Crippen LogP contribution < -0.4 is 9.62 Å². The number of anilines is 1. The summed E-state index contributed by atoms with van der Waals surface area (Å²) in [4.78, 5) is 12.1. The van der Waals surface area contributed by atoms with Crippen LogP contribution in [-0.2, 0) is 21.2 Å². The Morgan fingerprint density at radius 3 is 2.46 bits per heavy atom. The van der Waals surface area contributed by atoms with Crippen molar-refractivity contribution in [2.24, 2.45) is 0 Å². The lowest BCUT2D eigenvalue weighted by atomic mass is 10.1. The molecule has 2 aromatic rings. The molecule has 2 aromatic carbocycles. The highest BCUT2D eigenvalue weighted by atomic mass is 32.2. The normalized spacial score (nSPS) is 11.2. The maximum absolute atomic E-state index is 12.9. The maximum atomic E-state index is 12.9. The van der Waals surface area contributed by atoms with Gasteiger partial charge < -0.3 is 5.32 Å². The molecule has 1 N–H and O–H groups in total. The average molecular weight is 378 g/mol. The Bertz CT molecular complexity index is 851. The number of hydrogen-bond acceptors (Lipinski definition) is 3. The standard InChI is InChI=1S/C19H23FN2O3S/c1-15-5-3-7-18(13-15)22(26(2,24)25)14-19(23)21-12-4-6-16-8-10-17(20)11-9-16/h3,5,7-11,13H,4,6,12,14H2,1-2H3,(H,21,23). The molecule has 1 amide bonds. The molecule has 0 aliphatic heterocycles. The van der Waals surface area contributed by atoms with E-state index >= 15 is 0 Å². The summed E-state index contributed by atoms with van der Waals surface area (Å²) in [6, 6.07) is 13.2. The molecule has 0 saturated carbocycles. The summed E-state index contributed by atoms with van der Waals surface area (Å²) in [5, 5.41) is 2.73. The highest BCUT2D eigenvalue weighted by Gasteiger charge is 2.20. The number of rotatable bonds is 8. The van der Waals surface area contributed by atoms with E-state index in [4.69, 9.17) is 0 Å². The molecule has 0 atom stereocenters. The third-order valence-corrected chi connectivity index (χ3v) is 5.00. The molecular weight excluding hydrogens is 355 g/mol. The molecule has 0 saturated heterocycles. The van der Waals surface area contributed by atoms with Gasteiger partial charge in [0.15, 0.2) is 0 Å². The van der Waals surface area contributed by atoms with E-state index in [2.05, 4.69) is 5.32 Å². The first-order valence-corrected chi connectivity index (χ1v) is 10.2. The monoisotopic (exact) mass is 378 g/mol. The zero-order chi connectivity index (χ0) is 19.2. The van der Waals surface area contributed by atoms with Crippen molar-refractivity contribution >= 4 is 21.6 Å². The van der Waals surface area contributed by atoms with E-state index in [0.29, 0.717) is 25.1 Å². The largest absolute Gasteiger partial charge is 0.355 e. The molecule has 0 aliphatic rings. The molecule has 7 heteroatoms. The molecule has 26 heavy (non-hydrogen) atoms. The Labute approximate surface area is 153 Å². The van der Waals surface area contributed by atoms with E-state index in [1.54, 1.807) is 30.3 Å². The van der Waals surface area contributed by atoms with Gasteiger partial charge in [0, 0.05) is 6.54 Å². The first-order chi connectivity index (χ1) is 12.3. The van der Waals surface area contributed by atoms with Crippen LogP contribution in [-0.4, -0.2) is 33.7 Å². The zero-order valence-corrected chi connectivity index (χ0v) is 15.7. The van der Waals surface area contributed by atoms with Gasteiger partial charge >= 0.3 is 0 Å². The van der Waals surface area contributed by atoms with Gasteiger partial charge in [-0.2, -0.15) is 0 Å². The first kappa shape index (κ1) is 19.9. The van der Waals surface area contributed by atoms with E-state index in [0.717, 1.165) is 21.7 Å². The van der Waals surface area contributed by atoms with Crippen LogP contribution in [0.2, 0.25) is 0 Å². The van der Waals surface area contributed by atoms with Crippen molar-refractivity contribution in [1.82, 2.24) is 5.32 Å². The molecule has 0 radical (unpaired) electrons. The third-order valence-electron chi connectivity index (χ3n) is 3.85. The topological polar surface area (TPSA) is 66.5 Å². The lowest BCUT2D eigenvalue weighted by Gasteiger charge is -2.22. The number of nitrogens with one attached hydrogen (secondary N) is 1. The Morgan fingerprint density at radius 1 is 1.15 bits per heavy atom. The molecule has 0 bridgehead atoms. The molecule has 0 unspecified atom stereocenters. The SMILES string of the molecule is Cc1cccc(N(CC(=O)NCCCc2ccc(F)cc2)S(C)(=O)=O)c1. The number of aryl methyl sites for hydroxylation is 2. The first-order valence-electron chi connectivity index (χ1n) is 8.31. The second kappa shape index (κ2) is 8.80. The Morgan fingerprint density at radius 2 is 1.85 bits per heavy atom. The van der Waals surface area contributed by atoms with Crippen LogP contribution in [0.15, 0.2) is 48.5 Å². The van der Waals surface area contributed by atoms with E-state index < -0.39 is 10.0 Å². The van der Waals surface area contributed by atoms with E-state index in [9.17, 15) is 17.6 Å². The number of carbonyl (C=O) groups is 1. The van der Waals surface area contributed by atoms with E-state index in [1.165, 1.54) is 12.1 Å². The Kier molecular flexibility index (Phi) is 6.74. The van der Waals surface area contributed by atoms with Gasteiger partial charge in [-0.25, -0.2) is 12.8 Å². The van der Waals surface area contributed by atoms with Crippen LogP contribution in [0.5, 0.6) is 0 Å². The highest BCUT2D eigenvalue weighted by Crippen LogP contribution is 2.18. The second-order valence-electron chi connectivity index (χ2n) is 6.19. The van der Waals surface area contributed by atoms with Gasteiger partial charge in [-0.05, 0) is 55.2 Å². The zero-order valence-electron chi connectivity index (χ0n) is 14.9. The molecule has 140 valence electrons. The van der Waals surface area contributed by atoms with Crippen LogP contribution in [0.25, 0.3) is 0 Å². The second-order valence-corrected chi connectivity index (χ2v) is 8.10. The number of nitrogens with zero attached hydrogens (tertiary/aromatic N) is 1. The lowest BCUT2D eigenvalue weighted by molar-refractivity contribution is -0.119. The molecule has 0 heterocycles. The third kappa shape index (κ3) is 6.15. The fraction of sp³-hybridized carbons (Fsp3) is 0.316. The van der Waals surface area contributed by atoms with E-state index in [-0.39, 0.29) is 18.3 Å². The minimum Gasteiger partial charge on any atom is -0.355 e. The van der Waals surface area contributed by atoms with Crippen molar-refractivity contribution in [2.45, 2.75) is 19.8 Å². The summed E-state index contributed by atoms with van der Waals surface area (Å²) < 4.78 is 38.0. The van der Waals surface area contributed by atoms with Crippen LogP contribution in [0.3, 0.4) is 0 Å². The van der Waals surface area contributed by atoms with Gasteiger partial charge in [0.2, 0.25) is 15.9 Å². The number of halogens is 1. The molecule has 0 aliphatic carbocycles. The highest BCUT2D eigenvalue weighted by molar-refractivity contribution is 7.92. The van der Waals surface area contributed by atoms with Gasteiger partial charge in [0.25, 0.3) is 0 Å². The predicted molar refractivity (Wildman–Crippen MR) is 101 cm³/mol. The minimum absolute atomic E-state index is 0.265. The average Bonchev–Trinajstić information content (AvgIpc) is 2.57. The van der Waals surface area contributed by atoms with Gasteiger partial charge in [-0.3, -0.25) is 9.10 Å². The van der Waals surface area contributed by atoms with Gasteiger partial charge in [0.1, 0.15) is 12.4 Å². The number of carbonyl (C=O) groups excluding carboxylic acids is 1. The molecule has 0 aromatic heterocycles. The van der Waals surface area contributed by atoms with Crippen LogP contribution in [0.1, 0.15) is 17.5 Å². The smallest absolute Gasteiger partial charge is 0.240 e. The predicted octanol–water partition coefficient (Wildman–Crippen LogP) is 2.65. The summed E-state index contributed by atoms with van der Waals surface area (Å²) in [7, 11) is -3.57. The summed E-state index contributed by atoms with van der Waals surface area (Å²) in [6.45, 7) is 2.01. The van der Waals surface area contributed by atoms with Crippen molar-refractivity contribution in [3.8, 4) is 0 Å². The minimum atomic E-state index is -3.57. The fourth-order valence-corrected chi connectivity index (χ4v) is 3.39. The molecule has 5 nitrogen and oxygen atoms in total. The van der Waals surface area contributed by atoms with Gasteiger partial charge in [-0.1, -0.05) is 24.3 Å². The fourth-order valence-electron chi connectivity index (χ4n) is 2.54. The Hall–Kier alpha value is -2.41. The van der Waals surface area contributed by atoms with Crippen LogP contribution in [0.4, 0.5) is 10.1 Å².